The molecule has 0 saturated heterocycles. The van der Waals surface area contributed by atoms with Crippen LogP contribution in [0.1, 0.15) is 47.8 Å². The zero-order valence-electron chi connectivity index (χ0n) is 13.1. The van der Waals surface area contributed by atoms with Gasteiger partial charge in [0.1, 0.15) is 5.75 Å². The Balaban J connectivity index is 3.10. The van der Waals surface area contributed by atoms with Crippen LogP contribution in [0, 0.1) is 26.7 Å². The summed E-state index contributed by atoms with van der Waals surface area (Å²) in [5.41, 5.74) is 3.32. The van der Waals surface area contributed by atoms with Crippen LogP contribution >= 0.6 is 0 Å². The minimum absolute atomic E-state index is 0.00742. The molecule has 0 bridgehead atoms. The van der Waals surface area contributed by atoms with Crippen molar-refractivity contribution in [2.24, 2.45) is 5.92 Å². The molecule has 0 saturated carbocycles. The Kier molecular flexibility index (Phi) is 5.14. The largest absolute Gasteiger partial charge is 0.293 e. The average Bonchev–Trinajstić information content (AvgIpc) is 2.25. The molecule has 0 radical (unpaired) electrons. The number of Topliss-reactive ketones (excluding diaryl/α,β-unsaturated/α-hetero) is 1. The third-order valence-electron chi connectivity index (χ3n) is 3.79. The van der Waals surface area contributed by atoms with Crippen molar-refractivity contribution in [2.75, 3.05) is 5.75 Å². The van der Waals surface area contributed by atoms with Crippen molar-refractivity contribution in [1.29, 1.82) is 0 Å². The lowest BCUT2D eigenvalue weighted by atomic mass is 9.97. The molecule has 1 unspecified atom stereocenters. The number of sulfone groups is 1. The van der Waals surface area contributed by atoms with E-state index < -0.39 is 20.8 Å². The van der Waals surface area contributed by atoms with E-state index in [9.17, 15) is 13.2 Å². The van der Waals surface area contributed by atoms with Gasteiger partial charge in [-0.1, -0.05) is 31.5 Å². The van der Waals surface area contributed by atoms with Gasteiger partial charge in [0, 0.05) is 5.56 Å². The normalized spacial score (nSPS) is 13.6. The van der Waals surface area contributed by atoms with E-state index in [1.54, 1.807) is 6.92 Å². The molecule has 0 amide bonds. The summed E-state index contributed by atoms with van der Waals surface area (Å²) in [7, 11) is -3.40. The molecule has 1 atom stereocenters. The highest BCUT2D eigenvalue weighted by molar-refractivity contribution is 7.92. The molecule has 0 aromatic heterocycles. The molecule has 3 nitrogen and oxygen atoms in total. The summed E-state index contributed by atoms with van der Waals surface area (Å²) in [6.45, 7) is 11.1. The minimum atomic E-state index is -3.40. The van der Waals surface area contributed by atoms with Gasteiger partial charge in [-0.2, -0.15) is 0 Å². The van der Waals surface area contributed by atoms with E-state index >= 15 is 0 Å². The van der Waals surface area contributed by atoms with Gasteiger partial charge in [-0.05, 0) is 44.7 Å². The molecule has 0 aliphatic heterocycles. The first kappa shape index (κ1) is 16.9. The standard InChI is InChI=1S/C16H24O3S/c1-10(2)14(6)20(18,19)9-15(17)16-12(4)7-11(3)8-13(16)5/h7-8,10,14H,9H2,1-6H3. The maximum atomic E-state index is 12.4. The van der Waals surface area contributed by atoms with Gasteiger partial charge < -0.3 is 0 Å². The van der Waals surface area contributed by atoms with Crippen LogP contribution in [0.2, 0.25) is 0 Å². The second kappa shape index (κ2) is 6.08. The van der Waals surface area contributed by atoms with Crippen LogP contribution in [0.5, 0.6) is 0 Å². The predicted molar refractivity (Wildman–Crippen MR) is 83.1 cm³/mol. The van der Waals surface area contributed by atoms with Crippen molar-refractivity contribution in [1.82, 2.24) is 0 Å². The second-order valence-corrected chi connectivity index (χ2v) is 8.31. The molecule has 20 heavy (non-hydrogen) atoms. The summed E-state index contributed by atoms with van der Waals surface area (Å²) in [5.74, 6) is -0.697. The fourth-order valence-electron chi connectivity index (χ4n) is 2.42. The van der Waals surface area contributed by atoms with Crippen molar-refractivity contribution < 1.29 is 13.2 Å². The van der Waals surface area contributed by atoms with Crippen LogP contribution in [0.4, 0.5) is 0 Å². The molecule has 0 spiro atoms. The van der Waals surface area contributed by atoms with E-state index in [1.165, 1.54) is 0 Å². The van der Waals surface area contributed by atoms with Gasteiger partial charge in [-0.25, -0.2) is 8.42 Å². The first-order chi connectivity index (χ1) is 9.06. The maximum absolute atomic E-state index is 12.4. The molecule has 1 aromatic rings. The third kappa shape index (κ3) is 3.69. The molecule has 1 rings (SSSR count). The summed E-state index contributed by atoms with van der Waals surface area (Å²) in [4.78, 5) is 12.4. The number of benzene rings is 1. The summed E-state index contributed by atoms with van der Waals surface area (Å²) >= 11 is 0. The Labute approximate surface area is 122 Å². The van der Waals surface area contributed by atoms with E-state index in [4.69, 9.17) is 0 Å². The molecule has 0 N–H and O–H groups in total. The van der Waals surface area contributed by atoms with E-state index in [-0.39, 0.29) is 11.7 Å². The Morgan fingerprint density at radius 2 is 1.50 bits per heavy atom. The van der Waals surface area contributed by atoms with Gasteiger partial charge in [-0.15, -0.1) is 0 Å². The van der Waals surface area contributed by atoms with Gasteiger partial charge in [-0.3, -0.25) is 4.79 Å². The molecule has 0 aliphatic carbocycles. The highest BCUT2D eigenvalue weighted by Gasteiger charge is 2.28. The van der Waals surface area contributed by atoms with Crippen molar-refractivity contribution >= 4 is 15.6 Å². The highest BCUT2D eigenvalue weighted by atomic mass is 32.2. The molecule has 4 heteroatoms. The van der Waals surface area contributed by atoms with Crippen LogP contribution in [0.15, 0.2) is 12.1 Å². The average molecular weight is 296 g/mol. The van der Waals surface area contributed by atoms with E-state index in [0.29, 0.717) is 5.56 Å². The van der Waals surface area contributed by atoms with Crippen LogP contribution < -0.4 is 0 Å². The van der Waals surface area contributed by atoms with Crippen LogP contribution in [-0.4, -0.2) is 25.2 Å². The second-order valence-electron chi connectivity index (χ2n) is 5.95. The zero-order chi connectivity index (χ0) is 15.7. The Morgan fingerprint density at radius 3 is 1.90 bits per heavy atom. The number of rotatable bonds is 5. The number of ketones is 1. The number of aryl methyl sites for hydroxylation is 3. The molecule has 0 fully saturated rings. The highest BCUT2D eigenvalue weighted by Crippen LogP contribution is 2.20. The first-order valence-corrected chi connectivity index (χ1v) is 8.60. The lowest BCUT2D eigenvalue weighted by Gasteiger charge is -2.17. The molecular weight excluding hydrogens is 272 g/mol. The SMILES string of the molecule is Cc1cc(C)c(C(=O)CS(=O)(=O)C(C)C(C)C)c(C)c1. The van der Waals surface area contributed by atoms with Crippen molar-refractivity contribution in [3.63, 3.8) is 0 Å². The van der Waals surface area contributed by atoms with Crippen LogP contribution in [0.3, 0.4) is 0 Å². The monoisotopic (exact) mass is 296 g/mol. The first-order valence-electron chi connectivity index (χ1n) is 6.89. The number of hydrogen-bond acceptors (Lipinski definition) is 3. The number of hydrogen-bond donors (Lipinski definition) is 0. The van der Waals surface area contributed by atoms with Crippen LogP contribution in [-0.2, 0) is 9.84 Å². The molecular formula is C16H24O3S. The maximum Gasteiger partial charge on any atom is 0.178 e. The fourth-order valence-corrected chi connectivity index (χ4v) is 4.02. The summed E-state index contributed by atoms with van der Waals surface area (Å²) in [6, 6.07) is 3.83. The Hall–Kier alpha value is -1.16. The van der Waals surface area contributed by atoms with Gasteiger partial charge in [0.2, 0.25) is 0 Å². The van der Waals surface area contributed by atoms with Gasteiger partial charge in [0.05, 0.1) is 5.25 Å². The topological polar surface area (TPSA) is 51.2 Å². The van der Waals surface area contributed by atoms with Gasteiger partial charge in [0.15, 0.2) is 15.6 Å². The van der Waals surface area contributed by atoms with Crippen LogP contribution in [0.25, 0.3) is 0 Å². The smallest absolute Gasteiger partial charge is 0.178 e. The quantitative estimate of drug-likeness (QED) is 0.784. The lowest BCUT2D eigenvalue weighted by molar-refractivity contribution is 0.101. The van der Waals surface area contributed by atoms with Crippen molar-refractivity contribution in [3.8, 4) is 0 Å². The summed E-state index contributed by atoms with van der Waals surface area (Å²) < 4.78 is 24.4. The van der Waals surface area contributed by atoms with E-state index in [0.717, 1.165) is 16.7 Å². The molecule has 1 aromatic carbocycles. The van der Waals surface area contributed by atoms with Crippen molar-refractivity contribution in [3.05, 3.63) is 34.4 Å². The summed E-state index contributed by atoms with van der Waals surface area (Å²) in [5, 5.41) is -0.502. The summed E-state index contributed by atoms with van der Waals surface area (Å²) in [6.07, 6.45) is 0. The fraction of sp³-hybridized carbons (Fsp3) is 0.562. The molecule has 0 heterocycles. The third-order valence-corrected chi connectivity index (χ3v) is 6.14. The number of carbonyl (C=O) groups is 1. The number of carbonyl (C=O) groups excluding carboxylic acids is 1. The molecule has 0 aliphatic rings. The Morgan fingerprint density at radius 1 is 1.05 bits per heavy atom. The molecule has 112 valence electrons. The zero-order valence-corrected chi connectivity index (χ0v) is 14.0. The van der Waals surface area contributed by atoms with Gasteiger partial charge in [0.25, 0.3) is 0 Å². The lowest BCUT2D eigenvalue weighted by Crippen LogP contribution is -2.30. The van der Waals surface area contributed by atoms with Gasteiger partial charge >= 0.3 is 0 Å². The van der Waals surface area contributed by atoms with E-state index in [1.807, 2.05) is 46.8 Å². The Bertz CT molecular complexity index is 590. The van der Waals surface area contributed by atoms with E-state index in [2.05, 4.69) is 0 Å². The van der Waals surface area contributed by atoms with Crippen molar-refractivity contribution in [2.45, 2.75) is 46.8 Å². The predicted octanol–water partition coefficient (Wildman–Crippen LogP) is 3.25. The minimum Gasteiger partial charge on any atom is -0.293 e.